The maximum absolute atomic E-state index is 12.1. The molecule has 0 N–H and O–H groups in total. The van der Waals surface area contributed by atoms with Crippen molar-refractivity contribution < 1.29 is 8.42 Å². The lowest BCUT2D eigenvalue weighted by Crippen LogP contribution is -2.32. The maximum atomic E-state index is 12.1. The van der Waals surface area contributed by atoms with Crippen molar-refractivity contribution in [3.05, 3.63) is 17.7 Å². The van der Waals surface area contributed by atoms with Crippen LogP contribution in [0.25, 0.3) is 0 Å². The molecule has 1 aromatic heterocycles. The molecule has 0 aromatic carbocycles. The quantitative estimate of drug-likeness (QED) is 0.844. The predicted octanol–water partition coefficient (Wildman–Crippen LogP) is 1.98. The number of aromatic nitrogens is 2. The molecule has 0 saturated carbocycles. The molecule has 102 valence electrons. The molecule has 1 aliphatic rings. The fourth-order valence-corrected chi connectivity index (χ4v) is 3.30. The minimum absolute atomic E-state index is 0.194. The van der Waals surface area contributed by atoms with E-state index in [9.17, 15) is 8.42 Å². The number of aryl methyl sites for hydroxylation is 2. The van der Waals surface area contributed by atoms with Crippen LogP contribution >= 0.6 is 0 Å². The summed E-state index contributed by atoms with van der Waals surface area (Å²) in [6, 6.07) is 0. The third-order valence-electron chi connectivity index (χ3n) is 3.64. The zero-order chi connectivity index (χ0) is 13.4. The summed E-state index contributed by atoms with van der Waals surface area (Å²) in [5.41, 5.74) is 2.40. The molecule has 2 rings (SSSR count). The van der Waals surface area contributed by atoms with Gasteiger partial charge in [0.25, 0.3) is 0 Å². The second-order valence-corrected chi connectivity index (χ2v) is 8.83. The van der Waals surface area contributed by atoms with Crippen molar-refractivity contribution in [1.29, 1.82) is 0 Å². The van der Waals surface area contributed by atoms with E-state index >= 15 is 0 Å². The summed E-state index contributed by atoms with van der Waals surface area (Å²) in [6.45, 7) is 5.80. The van der Waals surface area contributed by atoms with Gasteiger partial charge in [-0.05, 0) is 46.5 Å². The smallest absolute Gasteiger partial charge is 0.156 e. The molecule has 0 aliphatic heterocycles. The van der Waals surface area contributed by atoms with Gasteiger partial charge in [0.2, 0.25) is 0 Å². The van der Waals surface area contributed by atoms with E-state index in [1.54, 1.807) is 27.1 Å². The van der Waals surface area contributed by atoms with Gasteiger partial charge >= 0.3 is 0 Å². The highest BCUT2D eigenvalue weighted by Gasteiger charge is 2.28. The first kappa shape index (κ1) is 13.6. The first-order valence-corrected chi connectivity index (χ1v) is 8.22. The Kier molecular flexibility index (Phi) is 3.54. The number of hydrogen-bond acceptors (Lipinski definition) is 3. The number of sulfone groups is 1. The van der Waals surface area contributed by atoms with Crippen LogP contribution in [-0.2, 0) is 29.2 Å². The fraction of sp³-hybridized carbons (Fsp3) is 0.769. The van der Waals surface area contributed by atoms with E-state index < -0.39 is 14.6 Å². The van der Waals surface area contributed by atoms with Crippen LogP contribution in [-0.4, -0.2) is 28.5 Å². The van der Waals surface area contributed by atoms with Crippen molar-refractivity contribution in [2.24, 2.45) is 0 Å². The zero-order valence-corrected chi connectivity index (χ0v) is 12.3. The Morgan fingerprint density at radius 1 is 1.28 bits per heavy atom. The van der Waals surface area contributed by atoms with Crippen LogP contribution in [0.15, 0.2) is 6.33 Å². The summed E-state index contributed by atoms with van der Waals surface area (Å²) in [5, 5.41) is 0. The van der Waals surface area contributed by atoms with Gasteiger partial charge in [0, 0.05) is 12.2 Å². The molecule has 1 aliphatic carbocycles. The lowest BCUT2D eigenvalue weighted by molar-refractivity contribution is 0.550. The second kappa shape index (κ2) is 4.68. The second-order valence-electron chi connectivity index (χ2n) is 5.97. The summed E-state index contributed by atoms with van der Waals surface area (Å²) in [7, 11) is -3.05. The van der Waals surface area contributed by atoms with Crippen LogP contribution in [0.1, 0.15) is 45.0 Å². The van der Waals surface area contributed by atoms with Crippen LogP contribution < -0.4 is 0 Å². The Morgan fingerprint density at radius 2 is 1.94 bits per heavy atom. The summed E-state index contributed by atoms with van der Waals surface area (Å²) in [4.78, 5) is 4.39. The highest BCUT2D eigenvalue weighted by Crippen LogP contribution is 2.21. The van der Waals surface area contributed by atoms with E-state index in [1.807, 2.05) is 4.57 Å². The number of hydrogen-bond donors (Lipinski definition) is 0. The lowest BCUT2D eigenvalue weighted by atomic mass is 10.0. The first-order valence-electron chi connectivity index (χ1n) is 6.56. The van der Waals surface area contributed by atoms with Gasteiger partial charge in [-0.3, -0.25) is 0 Å². The van der Waals surface area contributed by atoms with E-state index in [-0.39, 0.29) is 5.75 Å². The van der Waals surface area contributed by atoms with E-state index in [4.69, 9.17) is 0 Å². The molecule has 0 spiro atoms. The summed E-state index contributed by atoms with van der Waals surface area (Å²) >= 11 is 0. The molecule has 0 saturated heterocycles. The molecule has 1 heterocycles. The molecular formula is C13H22N2O2S. The topological polar surface area (TPSA) is 52.0 Å². The first-order chi connectivity index (χ1) is 8.31. The van der Waals surface area contributed by atoms with E-state index in [1.165, 1.54) is 18.5 Å². The van der Waals surface area contributed by atoms with Crippen molar-refractivity contribution in [3.8, 4) is 0 Å². The molecule has 0 atom stereocenters. The average molecular weight is 270 g/mol. The minimum Gasteiger partial charge on any atom is -0.333 e. The Morgan fingerprint density at radius 3 is 2.61 bits per heavy atom. The standard InChI is InChI=1S/C13H22N2O2S/c1-13(2,3)18(16,17)9-8-15-10-14-11-6-4-5-7-12(11)15/h10H,4-9H2,1-3H3. The number of rotatable bonds is 3. The highest BCUT2D eigenvalue weighted by atomic mass is 32.2. The summed E-state index contributed by atoms with van der Waals surface area (Å²) in [6.07, 6.45) is 6.25. The number of nitrogens with zero attached hydrogens (tertiary/aromatic N) is 2. The molecule has 0 unspecified atom stereocenters. The third kappa shape index (κ3) is 2.60. The molecule has 5 heteroatoms. The van der Waals surface area contributed by atoms with Crippen molar-refractivity contribution in [2.45, 2.75) is 57.7 Å². The Balaban J connectivity index is 2.10. The number of fused-ring (bicyclic) bond motifs is 1. The fourth-order valence-electron chi connectivity index (χ4n) is 2.25. The lowest BCUT2D eigenvalue weighted by Gasteiger charge is -2.20. The van der Waals surface area contributed by atoms with Gasteiger partial charge in [0.05, 0.1) is 22.5 Å². The molecule has 0 amide bonds. The van der Waals surface area contributed by atoms with Crippen LogP contribution in [0.3, 0.4) is 0 Å². The average Bonchev–Trinajstić information content (AvgIpc) is 2.68. The maximum Gasteiger partial charge on any atom is 0.156 e. The molecule has 4 nitrogen and oxygen atoms in total. The van der Waals surface area contributed by atoms with Gasteiger partial charge in [-0.2, -0.15) is 0 Å². The van der Waals surface area contributed by atoms with Crippen LogP contribution in [0.5, 0.6) is 0 Å². The molecule has 0 bridgehead atoms. The van der Waals surface area contributed by atoms with E-state index in [0.29, 0.717) is 6.54 Å². The van der Waals surface area contributed by atoms with Gasteiger partial charge < -0.3 is 4.57 Å². The number of imidazole rings is 1. The SMILES string of the molecule is CC(C)(C)S(=O)(=O)CCn1cnc2c1CCCC2. The summed E-state index contributed by atoms with van der Waals surface area (Å²) in [5.74, 6) is 0.194. The summed E-state index contributed by atoms with van der Waals surface area (Å²) < 4.78 is 25.5. The Labute approximate surface area is 109 Å². The monoisotopic (exact) mass is 270 g/mol. The van der Waals surface area contributed by atoms with Gasteiger partial charge in [-0.25, -0.2) is 13.4 Å². The van der Waals surface area contributed by atoms with Gasteiger partial charge in [0.15, 0.2) is 9.84 Å². The van der Waals surface area contributed by atoms with Gasteiger partial charge in [-0.1, -0.05) is 0 Å². The third-order valence-corrected chi connectivity index (χ3v) is 6.23. The van der Waals surface area contributed by atoms with Gasteiger partial charge in [0.1, 0.15) is 0 Å². The molecule has 0 radical (unpaired) electrons. The Hall–Kier alpha value is -0.840. The van der Waals surface area contributed by atoms with Crippen LogP contribution in [0.2, 0.25) is 0 Å². The zero-order valence-electron chi connectivity index (χ0n) is 11.4. The van der Waals surface area contributed by atoms with Crippen molar-refractivity contribution >= 4 is 9.84 Å². The van der Waals surface area contributed by atoms with E-state index in [2.05, 4.69) is 4.98 Å². The van der Waals surface area contributed by atoms with Crippen LogP contribution in [0, 0.1) is 0 Å². The predicted molar refractivity (Wildman–Crippen MR) is 72.4 cm³/mol. The largest absolute Gasteiger partial charge is 0.333 e. The van der Waals surface area contributed by atoms with E-state index in [0.717, 1.165) is 18.5 Å². The highest BCUT2D eigenvalue weighted by molar-refractivity contribution is 7.92. The minimum atomic E-state index is -3.05. The van der Waals surface area contributed by atoms with Crippen LogP contribution in [0.4, 0.5) is 0 Å². The normalized spacial score (nSPS) is 16.6. The van der Waals surface area contributed by atoms with Gasteiger partial charge in [-0.15, -0.1) is 0 Å². The molecular weight excluding hydrogens is 248 g/mol. The van der Waals surface area contributed by atoms with Crippen molar-refractivity contribution in [1.82, 2.24) is 9.55 Å². The molecule has 18 heavy (non-hydrogen) atoms. The molecule has 1 aromatic rings. The Bertz CT molecular complexity index is 524. The van der Waals surface area contributed by atoms with Crippen molar-refractivity contribution in [3.63, 3.8) is 0 Å². The van der Waals surface area contributed by atoms with Crippen molar-refractivity contribution in [2.75, 3.05) is 5.75 Å². The molecule has 0 fully saturated rings.